The van der Waals surface area contributed by atoms with Gasteiger partial charge in [0, 0.05) is 17.2 Å². The Morgan fingerprint density at radius 1 is 1.17 bits per heavy atom. The zero-order chi connectivity index (χ0) is 17.6. The summed E-state index contributed by atoms with van der Waals surface area (Å²) in [4.78, 5) is 25.4. The summed E-state index contributed by atoms with van der Waals surface area (Å²) in [5, 5.41) is 0. The number of ketones is 1. The molecule has 6 heteroatoms. The molecule has 0 spiro atoms. The number of ether oxygens (including phenoxy) is 1. The van der Waals surface area contributed by atoms with Crippen molar-refractivity contribution >= 4 is 5.78 Å². The quantitative estimate of drug-likeness (QED) is 0.419. The number of hydrogen-bond acceptors (Lipinski definition) is 5. The molecule has 2 aromatic rings. The lowest BCUT2D eigenvalue weighted by molar-refractivity contribution is -0.262. The van der Waals surface area contributed by atoms with Gasteiger partial charge < -0.3 is 4.74 Å². The van der Waals surface area contributed by atoms with Gasteiger partial charge in [-0.25, -0.2) is 19.1 Å². The third-order valence-corrected chi connectivity index (χ3v) is 3.33. The molecule has 0 amide bonds. The van der Waals surface area contributed by atoms with Crippen molar-refractivity contribution in [3.63, 3.8) is 0 Å². The summed E-state index contributed by atoms with van der Waals surface area (Å²) in [6.45, 7) is 2.82. The van der Waals surface area contributed by atoms with Crippen LogP contribution in [0, 0.1) is 0 Å². The van der Waals surface area contributed by atoms with E-state index < -0.39 is 5.67 Å². The Kier molecular flexibility index (Phi) is 6.00. The molecule has 5 nitrogen and oxygen atoms in total. The number of hydrogen-bond donors (Lipinski definition) is 0. The molecule has 0 unspecified atom stereocenters. The van der Waals surface area contributed by atoms with E-state index in [1.165, 1.54) is 21.0 Å². The molecule has 2 rings (SSSR count). The first-order valence-corrected chi connectivity index (χ1v) is 7.48. The van der Waals surface area contributed by atoms with E-state index in [0.717, 1.165) is 0 Å². The lowest BCUT2D eigenvalue weighted by Gasteiger charge is -2.15. The van der Waals surface area contributed by atoms with Crippen molar-refractivity contribution in [3.05, 3.63) is 59.3 Å². The third kappa shape index (κ3) is 4.84. The van der Waals surface area contributed by atoms with Crippen molar-refractivity contribution in [1.29, 1.82) is 0 Å². The Morgan fingerprint density at radius 3 is 2.62 bits per heavy atom. The average molecular weight is 333 g/mol. The predicted molar refractivity (Wildman–Crippen MR) is 86.4 cm³/mol. The molecule has 0 saturated carbocycles. The largest absolute Gasteiger partial charge is 0.473 e. The average Bonchev–Trinajstić information content (AvgIpc) is 2.57. The molecule has 1 aromatic heterocycles. The van der Waals surface area contributed by atoms with Gasteiger partial charge in [-0.1, -0.05) is 30.3 Å². The van der Waals surface area contributed by atoms with Gasteiger partial charge >= 0.3 is 0 Å². The van der Waals surface area contributed by atoms with Gasteiger partial charge in [0.15, 0.2) is 5.78 Å². The number of Topliss-reactive ketones (excluding diaryl/α,β-unsaturated/α-hetero) is 1. The molecule has 0 fully saturated rings. The first kappa shape index (κ1) is 18.0. The van der Waals surface area contributed by atoms with Gasteiger partial charge in [0.25, 0.3) is 0 Å². The summed E-state index contributed by atoms with van der Waals surface area (Å²) in [7, 11) is 1.34. The Morgan fingerprint density at radius 2 is 1.92 bits per heavy atom. The second-order valence-corrected chi connectivity index (χ2v) is 5.63. The minimum absolute atomic E-state index is 0.137. The summed E-state index contributed by atoms with van der Waals surface area (Å²) in [5.74, 6) is 0.0799. The van der Waals surface area contributed by atoms with Crippen molar-refractivity contribution in [2.45, 2.75) is 26.1 Å². The van der Waals surface area contributed by atoms with Crippen LogP contribution in [0.5, 0.6) is 5.88 Å². The molecule has 0 saturated heterocycles. The second kappa shape index (κ2) is 7.99. The van der Waals surface area contributed by atoms with Crippen molar-refractivity contribution in [3.8, 4) is 5.88 Å². The zero-order valence-corrected chi connectivity index (χ0v) is 13.9. The van der Waals surface area contributed by atoms with Gasteiger partial charge in [-0.15, -0.1) is 0 Å². The molecular weight excluding hydrogens is 313 g/mol. The molecule has 0 N–H and O–H groups in total. The summed E-state index contributed by atoms with van der Waals surface area (Å²) >= 11 is 0. The SMILES string of the molecule is COOCC(=O)c1ccccc1COc1cccc(C(C)(C)F)n1. The van der Waals surface area contributed by atoms with Crippen molar-refractivity contribution in [2.75, 3.05) is 13.7 Å². The van der Waals surface area contributed by atoms with Crippen LogP contribution in [0.2, 0.25) is 0 Å². The summed E-state index contributed by atoms with van der Waals surface area (Å²) in [6, 6.07) is 12.0. The highest BCUT2D eigenvalue weighted by molar-refractivity contribution is 5.98. The molecular formula is C18H20FNO4. The lowest BCUT2D eigenvalue weighted by Crippen LogP contribution is -2.14. The summed E-state index contributed by atoms with van der Waals surface area (Å²) in [6.07, 6.45) is 0. The van der Waals surface area contributed by atoms with Crippen LogP contribution in [-0.4, -0.2) is 24.5 Å². The van der Waals surface area contributed by atoms with Crippen LogP contribution < -0.4 is 4.74 Å². The van der Waals surface area contributed by atoms with Crippen molar-refractivity contribution in [1.82, 2.24) is 4.98 Å². The molecule has 0 aliphatic rings. The molecule has 24 heavy (non-hydrogen) atoms. The predicted octanol–water partition coefficient (Wildman–Crippen LogP) is 3.63. The van der Waals surface area contributed by atoms with E-state index in [-0.39, 0.29) is 24.7 Å². The van der Waals surface area contributed by atoms with Gasteiger partial charge in [-0.05, 0) is 19.9 Å². The number of carbonyl (C=O) groups is 1. The summed E-state index contributed by atoms with van der Waals surface area (Å²) < 4.78 is 19.6. The molecule has 0 radical (unpaired) electrons. The lowest BCUT2D eigenvalue weighted by atomic mass is 10.0. The minimum atomic E-state index is -1.55. The minimum Gasteiger partial charge on any atom is -0.473 e. The maximum atomic E-state index is 14.0. The van der Waals surface area contributed by atoms with E-state index in [9.17, 15) is 9.18 Å². The highest BCUT2D eigenvalue weighted by atomic mass is 19.1. The van der Waals surface area contributed by atoms with Gasteiger partial charge in [0.05, 0.1) is 12.8 Å². The number of benzene rings is 1. The Bertz CT molecular complexity index is 697. The number of aromatic nitrogens is 1. The van der Waals surface area contributed by atoms with E-state index in [0.29, 0.717) is 17.0 Å². The number of alkyl halides is 1. The van der Waals surface area contributed by atoms with Crippen molar-refractivity contribution < 1.29 is 23.7 Å². The number of nitrogens with zero attached hydrogens (tertiary/aromatic N) is 1. The Labute approximate surface area is 140 Å². The van der Waals surface area contributed by atoms with E-state index in [4.69, 9.17) is 4.74 Å². The zero-order valence-electron chi connectivity index (χ0n) is 13.9. The van der Waals surface area contributed by atoms with Crippen LogP contribution in [-0.2, 0) is 22.1 Å². The van der Waals surface area contributed by atoms with E-state index >= 15 is 0 Å². The molecule has 1 aromatic carbocycles. The molecule has 128 valence electrons. The molecule has 0 aliphatic heterocycles. The number of halogens is 1. The van der Waals surface area contributed by atoms with Crippen LogP contribution in [0.15, 0.2) is 42.5 Å². The van der Waals surface area contributed by atoms with Gasteiger partial charge in [-0.3, -0.25) is 4.79 Å². The van der Waals surface area contributed by atoms with Gasteiger partial charge in [0.2, 0.25) is 5.88 Å². The van der Waals surface area contributed by atoms with Gasteiger partial charge in [0.1, 0.15) is 18.9 Å². The highest BCUT2D eigenvalue weighted by Crippen LogP contribution is 2.24. The smallest absolute Gasteiger partial charge is 0.213 e. The fourth-order valence-electron chi connectivity index (χ4n) is 2.09. The van der Waals surface area contributed by atoms with Crippen LogP contribution in [0.4, 0.5) is 4.39 Å². The summed E-state index contributed by atoms with van der Waals surface area (Å²) in [5.41, 5.74) is -0.0895. The number of pyridine rings is 1. The van der Waals surface area contributed by atoms with Gasteiger partial charge in [-0.2, -0.15) is 0 Å². The monoisotopic (exact) mass is 333 g/mol. The topological polar surface area (TPSA) is 57.7 Å². The highest BCUT2D eigenvalue weighted by Gasteiger charge is 2.21. The first-order valence-electron chi connectivity index (χ1n) is 7.48. The van der Waals surface area contributed by atoms with E-state index in [1.54, 1.807) is 42.5 Å². The molecule has 1 heterocycles. The second-order valence-electron chi connectivity index (χ2n) is 5.63. The first-order chi connectivity index (χ1) is 11.4. The van der Waals surface area contributed by atoms with Crippen LogP contribution in [0.1, 0.15) is 35.5 Å². The van der Waals surface area contributed by atoms with E-state index in [1.807, 2.05) is 0 Å². The maximum Gasteiger partial charge on any atom is 0.213 e. The molecule has 0 atom stereocenters. The Balaban J connectivity index is 2.11. The fraction of sp³-hybridized carbons (Fsp3) is 0.333. The molecule has 0 aliphatic carbocycles. The van der Waals surface area contributed by atoms with Crippen LogP contribution in [0.25, 0.3) is 0 Å². The maximum absolute atomic E-state index is 14.0. The van der Waals surface area contributed by atoms with Crippen LogP contribution in [0.3, 0.4) is 0 Å². The standard InChI is InChI=1S/C18H20FNO4/c1-18(2,19)16-9-6-10-17(20-16)23-11-13-7-4-5-8-14(13)15(21)12-24-22-3/h4-10H,11-12H2,1-3H3. The van der Waals surface area contributed by atoms with E-state index in [2.05, 4.69) is 14.8 Å². The number of rotatable bonds is 8. The van der Waals surface area contributed by atoms with Crippen LogP contribution >= 0.6 is 0 Å². The molecule has 0 bridgehead atoms. The number of carbonyl (C=O) groups excluding carboxylic acids is 1. The third-order valence-electron chi connectivity index (χ3n) is 3.33. The van der Waals surface area contributed by atoms with Crippen molar-refractivity contribution in [2.24, 2.45) is 0 Å². The fourth-order valence-corrected chi connectivity index (χ4v) is 2.09. The normalized spacial score (nSPS) is 11.3. The Hall–Kier alpha value is -2.31.